The molecule has 0 saturated carbocycles. The highest BCUT2D eigenvalue weighted by Crippen LogP contribution is 2.12. The van der Waals surface area contributed by atoms with E-state index in [2.05, 4.69) is 4.98 Å². The van der Waals surface area contributed by atoms with Crippen molar-refractivity contribution in [2.24, 2.45) is 0 Å². The summed E-state index contributed by atoms with van der Waals surface area (Å²) in [5.41, 5.74) is 6.29. The number of nitrogens with zero attached hydrogens (tertiary/aromatic N) is 1. The minimum Gasteiger partial charge on any atom is -0.384 e. The van der Waals surface area contributed by atoms with Crippen molar-refractivity contribution in [3.63, 3.8) is 0 Å². The van der Waals surface area contributed by atoms with Gasteiger partial charge in [0.15, 0.2) is 17.4 Å². The maximum absolute atomic E-state index is 13.0. The summed E-state index contributed by atoms with van der Waals surface area (Å²) in [5.74, 6) is -2.00. The van der Waals surface area contributed by atoms with Gasteiger partial charge >= 0.3 is 0 Å². The van der Waals surface area contributed by atoms with E-state index in [-0.39, 0.29) is 17.8 Å². The molecular formula is C13H10F2N2O. The zero-order chi connectivity index (χ0) is 13.1. The summed E-state index contributed by atoms with van der Waals surface area (Å²) in [7, 11) is 0. The summed E-state index contributed by atoms with van der Waals surface area (Å²) in [6, 6.07) is 6.29. The van der Waals surface area contributed by atoms with Gasteiger partial charge in [0.05, 0.1) is 0 Å². The number of anilines is 1. The van der Waals surface area contributed by atoms with E-state index < -0.39 is 11.6 Å². The Morgan fingerprint density at radius 1 is 1.17 bits per heavy atom. The van der Waals surface area contributed by atoms with Crippen molar-refractivity contribution in [3.05, 3.63) is 59.3 Å². The molecule has 0 spiro atoms. The van der Waals surface area contributed by atoms with Crippen molar-refractivity contribution < 1.29 is 13.6 Å². The number of halogens is 2. The van der Waals surface area contributed by atoms with Crippen LogP contribution in [0.2, 0.25) is 0 Å². The maximum atomic E-state index is 13.0. The first-order valence-electron chi connectivity index (χ1n) is 5.25. The second-order valence-corrected chi connectivity index (χ2v) is 3.82. The molecule has 2 rings (SSSR count). The quantitative estimate of drug-likeness (QED) is 0.848. The predicted molar refractivity (Wildman–Crippen MR) is 63.0 cm³/mol. The third-order valence-electron chi connectivity index (χ3n) is 2.45. The van der Waals surface area contributed by atoms with Gasteiger partial charge in [-0.25, -0.2) is 13.8 Å². The van der Waals surface area contributed by atoms with Crippen molar-refractivity contribution in [3.8, 4) is 0 Å². The molecular weight excluding hydrogens is 238 g/mol. The number of hydrogen-bond acceptors (Lipinski definition) is 3. The fourth-order valence-electron chi connectivity index (χ4n) is 1.56. The summed E-state index contributed by atoms with van der Waals surface area (Å²) in [4.78, 5) is 15.6. The Balaban J connectivity index is 2.19. The third-order valence-corrected chi connectivity index (χ3v) is 2.45. The molecule has 0 bridgehead atoms. The zero-order valence-electron chi connectivity index (χ0n) is 9.36. The first kappa shape index (κ1) is 12.2. The number of carbonyl (C=O) groups excluding carboxylic acids is 1. The molecule has 2 aromatic rings. The van der Waals surface area contributed by atoms with Crippen LogP contribution in [0.5, 0.6) is 0 Å². The van der Waals surface area contributed by atoms with Crippen LogP contribution >= 0.6 is 0 Å². The van der Waals surface area contributed by atoms with Crippen LogP contribution in [-0.2, 0) is 6.42 Å². The molecule has 0 aliphatic rings. The standard InChI is InChI=1S/C13H10F2N2O/c14-10-2-1-9(7-11(10)15)12(18)5-8-3-4-17-13(16)6-8/h1-4,6-7H,5H2,(H2,16,17). The molecule has 1 aromatic carbocycles. The van der Waals surface area contributed by atoms with Gasteiger partial charge in [-0.2, -0.15) is 0 Å². The van der Waals surface area contributed by atoms with Crippen LogP contribution in [0.15, 0.2) is 36.5 Å². The number of Topliss-reactive ketones (excluding diaryl/α,β-unsaturated/α-hetero) is 1. The van der Waals surface area contributed by atoms with Crippen molar-refractivity contribution >= 4 is 11.6 Å². The van der Waals surface area contributed by atoms with Gasteiger partial charge in [-0.3, -0.25) is 4.79 Å². The Labute approximate surface area is 102 Å². The molecule has 92 valence electrons. The molecule has 0 unspecified atom stereocenters. The topological polar surface area (TPSA) is 56.0 Å². The molecule has 18 heavy (non-hydrogen) atoms. The van der Waals surface area contributed by atoms with E-state index in [0.29, 0.717) is 11.4 Å². The summed E-state index contributed by atoms with van der Waals surface area (Å²) in [6.45, 7) is 0. The molecule has 0 fully saturated rings. The number of nitrogen functional groups attached to an aromatic ring is 1. The number of benzene rings is 1. The molecule has 2 N–H and O–H groups in total. The minimum absolute atomic E-state index is 0.0673. The lowest BCUT2D eigenvalue weighted by molar-refractivity contribution is 0.0992. The van der Waals surface area contributed by atoms with Gasteiger partial charge in [-0.15, -0.1) is 0 Å². The fraction of sp³-hybridized carbons (Fsp3) is 0.0769. The summed E-state index contributed by atoms with van der Waals surface area (Å²) >= 11 is 0. The van der Waals surface area contributed by atoms with Crippen LogP contribution in [0.4, 0.5) is 14.6 Å². The van der Waals surface area contributed by atoms with Crippen molar-refractivity contribution in [2.75, 3.05) is 5.73 Å². The van der Waals surface area contributed by atoms with Crippen LogP contribution in [0.3, 0.4) is 0 Å². The molecule has 0 amide bonds. The average molecular weight is 248 g/mol. The van der Waals surface area contributed by atoms with Crippen molar-refractivity contribution in [1.82, 2.24) is 4.98 Å². The predicted octanol–water partition coefficient (Wildman–Crippen LogP) is 2.37. The summed E-state index contributed by atoms with van der Waals surface area (Å²) < 4.78 is 25.7. The van der Waals surface area contributed by atoms with Gasteiger partial charge in [0.2, 0.25) is 0 Å². The van der Waals surface area contributed by atoms with E-state index in [1.54, 1.807) is 12.1 Å². The highest BCUT2D eigenvalue weighted by molar-refractivity contribution is 5.97. The lowest BCUT2D eigenvalue weighted by atomic mass is 10.0. The molecule has 0 atom stereocenters. The monoisotopic (exact) mass is 248 g/mol. The van der Waals surface area contributed by atoms with Gasteiger partial charge in [-0.1, -0.05) is 0 Å². The lowest BCUT2D eigenvalue weighted by Gasteiger charge is -2.03. The Hall–Kier alpha value is -2.30. The number of ketones is 1. The van der Waals surface area contributed by atoms with E-state index in [1.807, 2.05) is 0 Å². The fourth-order valence-corrected chi connectivity index (χ4v) is 1.56. The van der Waals surface area contributed by atoms with E-state index >= 15 is 0 Å². The van der Waals surface area contributed by atoms with E-state index in [0.717, 1.165) is 12.1 Å². The van der Waals surface area contributed by atoms with Crippen LogP contribution in [0.25, 0.3) is 0 Å². The first-order valence-corrected chi connectivity index (χ1v) is 5.25. The number of pyridine rings is 1. The van der Waals surface area contributed by atoms with Gasteiger partial charge < -0.3 is 5.73 Å². The smallest absolute Gasteiger partial charge is 0.167 e. The number of rotatable bonds is 3. The first-order chi connectivity index (χ1) is 8.56. The minimum atomic E-state index is -1.03. The Kier molecular flexibility index (Phi) is 3.32. The van der Waals surface area contributed by atoms with E-state index in [9.17, 15) is 13.6 Å². The van der Waals surface area contributed by atoms with Crippen molar-refractivity contribution in [1.29, 1.82) is 0 Å². The summed E-state index contributed by atoms with van der Waals surface area (Å²) in [6.07, 6.45) is 1.56. The molecule has 0 radical (unpaired) electrons. The van der Waals surface area contributed by atoms with Gasteiger partial charge in [-0.05, 0) is 35.9 Å². The maximum Gasteiger partial charge on any atom is 0.167 e. The third kappa shape index (κ3) is 2.68. The molecule has 3 nitrogen and oxygen atoms in total. The van der Waals surface area contributed by atoms with Gasteiger partial charge in [0, 0.05) is 18.2 Å². The van der Waals surface area contributed by atoms with Crippen LogP contribution in [-0.4, -0.2) is 10.8 Å². The van der Waals surface area contributed by atoms with Gasteiger partial charge in [0.25, 0.3) is 0 Å². The molecule has 1 heterocycles. The zero-order valence-corrected chi connectivity index (χ0v) is 9.36. The molecule has 0 aliphatic heterocycles. The van der Waals surface area contributed by atoms with Crippen LogP contribution < -0.4 is 5.73 Å². The second-order valence-electron chi connectivity index (χ2n) is 3.82. The Bertz CT molecular complexity index is 599. The molecule has 5 heteroatoms. The number of hydrogen-bond donors (Lipinski definition) is 1. The summed E-state index contributed by atoms with van der Waals surface area (Å²) in [5, 5.41) is 0. The normalized spacial score (nSPS) is 10.3. The average Bonchev–Trinajstić information content (AvgIpc) is 2.32. The highest BCUT2D eigenvalue weighted by atomic mass is 19.2. The largest absolute Gasteiger partial charge is 0.384 e. The van der Waals surface area contributed by atoms with Crippen LogP contribution in [0.1, 0.15) is 15.9 Å². The highest BCUT2D eigenvalue weighted by Gasteiger charge is 2.10. The van der Waals surface area contributed by atoms with Crippen LogP contribution in [0, 0.1) is 11.6 Å². The van der Waals surface area contributed by atoms with Crippen molar-refractivity contribution in [2.45, 2.75) is 6.42 Å². The van der Waals surface area contributed by atoms with Gasteiger partial charge in [0.1, 0.15) is 5.82 Å². The molecule has 0 saturated heterocycles. The SMILES string of the molecule is Nc1cc(CC(=O)c2ccc(F)c(F)c2)ccn1. The van der Waals surface area contributed by atoms with E-state index in [4.69, 9.17) is 5.73 Å². The molecule has 1 aromatic heterocycles. The number of aromatic nitrogens is 1. The number of carbonyl (C=O) groups is 1. The lowest BCUT2D eigenvalue weighted by Crippen LogP contribution is -2.05. The Morgan fingerprint density at radius 3 is 2.61 bits per heavy atom. The van der Waals surface area contributed by atoms with E-state index in [1.165, 1.54) is 12.3 Å². The number of nitrogens with two attached hydrogens (primary N) is 1. The Morgan fingerprint density at radius 2 is 1.94 bits per heavy atom. The molecule has 0 aliphatic carbocycles. The second kappa shape index (κ2) is 4.91.